The Bertz CT molecular complexity index is 446. The molecule has 0 aromatic rings. The van der Waals surface area contributed by atoms with Crippen LogP contribution in [0.2, 0.25) is 0 Å². The highest BCUT2D eigenvalue weighted by Crippen LogP contribution is 2.17. The van der Waals surface area contributed by atoms with Gasteiger partial charge < -0.3 is 20.9 Å². The van der Waals surface area contributed by atoms with Crippen molar-refractivity contribution < 1.29 is 9.59 Å². The molecule has 0 atom stereocenters. The Morgan fingerprint density at radius 1 is 1.08 bits per heavy atom. The zero-order chi connectivity index (χ0) is 17.2. The van der Waals surface area contributed by atoms with Gasteiger partial charge in [0.2, 0.25) is 11.8 Å². The normalized spacial score (nSPS) is 18.0. The molecule has 2 fully saturated rings. The Kier molecular flexibility index (Phi) is 10.8. The second kappa shape index (κ2) is 12.3. The summed E-state index contributed by atoms with van der Waals surface area (Å²) in [7, 11) is 0. The van der Waals surface area contributed by atoms with Crippen molar-refractivity contribution in [3.8, 4) is 0 Å². The van der Waals surface area contributed by atoms with Gasteiger partial charge in [0.25, 0.3) is 0 Å². The fourth-order valence-corrected chi connectivity index (χ4v) is 3.22. The Hall–Kier alpha value is -1.06. The van der Waals surface area contributed by atoms with Crippen molar-refractivity contribution in [3.05, 3.63) is 0 Å². The van der Waals surface area contributed by atoms with E-state index in [-0.39, 0.29) is 42.3 Å². The highest BCUT2D eigenvalue weighted by molar-refractivity contribution is 14.0. The molecular weight excluding hydrogens is 433 g/mol. The fraction of sp³-hybridized carbons (Fsp3) is 0.824. The van der Waals surface area contributed by atoms with Crippen LogP contribution in [0.15, 0.2) is 4.99 Å². The van der Waals surface area contributed by atoms with E-state index in [1.165, 1.54) is 12.8 Å². The van der Waals surface area contributed by atoms with Crippen LogP contribution in [0, 0.1) is 0 Å². The number of carbonyl (C=O) groups is 2. The van der Waals surface area contributed by atoms with Gasteiger partial charge in [-0.1, -0.05) is 12.8 Å². The third-order valence-corrected chi connectivity index (χ3v) is 4.54. The summed E-state index contributed by atoms with van der Waals surface area (Å²) in [6.07, 6.45) is 7.22. The quantitative estimate of drug-likeness (QED) is 0.300. The zero-order valence-electron chi connectivity index (χ0n) is 15.2. The molecule has 0 bridgehead atoms. The van der Waals surface area contributed by atoms with Crippen molar-refractivity contribution in [1.82, 2.24) is 20.9 Å². The molecule has 0 radical (unpaired) electrons. The predicted octanol–water partition coefficient (Wildman–Crippen LogP) is 1.23. The maximum absolute atomic E-state index is 12.0. The number of amides is 2. The molecule has 1 aliphatic heterocycles. The van der Waals surface area contributed by atoms with E-state index in [4.69, 9.17) is 0 Å². The van der Waals surface area contributed by atoms with Gasteiger partial charge in [-0.2, -0.15) is 0 Å². The molecular formula is C17H32IN5O2. The van der Waals surface area contributed by atoms with Crippen LogP contribution in [0.4, 0.5) is 0 Å². The first-order valence-corrected chi connectivity index (χ1v) is 9.28. The van der Waals surface area contributed by atoms with Crippen molar-refractivity contribution in [3.63, 3.8) is 0 Å². The zero-order valence-corrected chi connectivity index (χ0v) is 17.5. The molecule has 1 aliphatic carbocycles. The Balaban J connectivity index is 0.00000312. The monoisotopic (exact) mass is 465 g/mol. The SMILES string of the molecule is CCNC(=NCC(=O)N1CCCC1)NCCC(=O)NC1CCCC1.I. The van der Waals surface area contributed by atoms with E-state index in [2.05, 4.69) is 20.9 Å². The van der Waals surface area contributed by atoms with Crippen LogP contribution < -0.4 is 16.0 Å². The van der Waals surface area contributed by atoms with Gasteiger partial charge >= 0.3 is 0 Å². The highest BCUT2D eigenvalue weighted by atomic mass is 127. The van der Waals surface area contributed by atoms with Crippen LogP contribution in [0.5, 0.6) is 0 Å². The third kappa shape index (κ3) is 8.24. The molecule has 2 amide bonds. The van der Waals surface area contributed by atoms with Gasteiger partial charge in [-0.25, -0.2) is 4.99 Å². The Morgan fingerprint density at radius 3 is 2.40 bits per heavy atom. The molecule has 144 valence electrons. The van der Waals surface area contributed by atoms with Crippen LogP contribution in [-0.2, 0) is 9.59 Å². The van der Waals surface area contributed by atoms with Gasteiger partial charge in [-0.3, -0.25) is 9.59 Å². The molecule has 8 heteroatoms. The van der Waals surface area contributed by atoms with E-state index in [1.807, 2.05) is 11.8 Å². The average Bonchev–Trinajstić information content (AvgIpc) is 3.25. The van der Waals surface area contributed by atoms with E-state index < -0.39 is 0 Å². The minimum Gasteiger partial charge on any atom is -0.357 e. The van der Waals surface area contributed by atoms with Gasteiger partial charge in [0, 0.05) is 38.6 Å². The lowest BCUT2D eigenvalue weighted by Gasteiger charge is -2.15. The number of hydrogen-bond donors (Lipinski definition) is 3. The van der Waals surface area contributed by atoms with Crippen LogP contribution in [0.25, 0.3) is 0 Å². The number of nitrogens with one attached hydrogen (secondary N) is 3. The summed E-state index contributed by atoms with van der Waals surface area (Å²) in [5.74, 6) is 0.751. The summed E-state index contributed by atoms with van der Waals surface area (Å²) in [6, 6.07) is 0.359. The summed E-state index contributed by atoms with van der Waals surface area (Å²) >= 11 is 0. The van der Waals surface area contributed by atoms with Gasteiger partial charge in [0.15, 0.2) is 5.96 Å². The lowest BCUT2D eigenvalue weighted by molar-refractivity contribution is -0.128. The maximum Gasteiger partial charge on any atom is 0.244 e. The molecule has 0 spiro atoms. The number of likely N-dealkylation sites (tertiary alicyclic amines) is 1. The summed E-state index contributed by atoms with van der Waals surface area (Å²) < 4.78 is 0. The first kappa shape index (κ1) is 22.0. The molecule has 0 aromatic carbocycles. The number of halogens is 1. The Labute approximate surface area is 167 Å². The molecule has 25 heavy (non-hydrogen) atoms. The van der Waals surface area contributed by atoms with Crippen LogP contribution in [0.3, 0.4) is 0 Å². The van der Waals surface area contributed by atoms with Crippen molar-refractivity contribution in [2.24, 2.45) is 4.99 Å². The van der Waals surface area contributed by atoms with Crippen LogP contribution in [-0.4, -0.2) is 61.4 Å². The Morgan fingerprint density at radius 2 is 1.76 bits per heavy atom. The minimum atomic E-state index is 0. The molecule has 7 nitrogen and oxygen atoms in total. The lowest BCUT2D eigenvalue weighted by atomic mass is 10.2. The van der Waals surface area contributed by atoms with Crippen molar-refractivity contribution >= 4 is 41.8 Å². The lowest BCUT2D eigenvalue weighted by Crippen LogP contribution is -2.41. The smallest absolute Gasteiger partial charge is 0.244 e. The number of carbonyl (C=O) groups excluding carboxylic acids is 2. The fourth-order valence-electron chi connectivity index (χ4n) is 3.22. The maximum atomic E-state index is 12.0. The molecule has 3 N–H and O–H groups in total. The van der Waals surface area contributed by atoms with Crippen molar-refractivity contribution in [1.29, 1.82) is 0 Å². The first-order valence-electron chi connectivity index (χ1n) is 9.28. The second-order valence-corrected chi connectivity index (χ2v) is 6.51. The van der Waals surface area contributed by atoms with Gasteiger partial charge in [0.1, 0.15) is 6.54 Å². The molecule has 0 aromatic heterocycles. The summed E-state index contributed by atoms with van der Waals surface area (Å²) in [5, 5.41) is 9.31. The predicted molar refractivity (Wildman–Crippen MR) is 110 cm³/mol. The van der Waals surface area contributed by atoms with E-state index in [9.17, 15) is 9.59 Å². The van der Waals surface area contributed by atoms with Crippen molar-refractivity contribution in [2.45, 2.75) is 57.9 Å². The summed E-state index contributed by atoms with van der Waals surface area (Å²) in [5.41, 5.74) is 0. The van der Waals surface area contributed by atoms with E-state index >= 15 is 0 Å². The topological polar surface area (TPSA) is 85.8 Å². The number of hydrogen-bond acceptors (Lipinski definition) is 3. The van der Waals surface area contributed by atoms with E-state index in [0.717, 1.165) is 45.3 Å². The molecule has 1 saturated heterocycles. The number of aliphatic imine (C=N–C) groups is 1. The highest BCUT2D eigenvalue weighted by Gasteiger charge is 2.18. The van der Waals surface area contributed by atoms with Gasteiger partial charge in [-0.15, -0.1) is 24.0 Å². The van der Waals surface area contributed by atoms with Gasteiger partial charge in [-0.05, 0) is 32.6 Å². The average molecular weight is 465 g/mol. The van der Waals surface area contributed by atoms with Gasteiger partial charge in [0.05, 0.1) is 0 Å². The van der Waals surface area contributed by atoms with Crippen LogP contribution in [0.1, 0.15) is 51.9 Å². The molecule has 0 unspecified atom stereocenters. The van der Waals surface area contributed by atoms with E-state index in [1.54, 1.807) is 0 Å². The third-order valence-electron chi connectivity index (χ3n) is 4.54. The van der Waals surface area contributed by atoms with Crippen molar-refractivity contribution in [2.75, 3.05) is 32.7 Å². The van der Waals surface area contributed by atoms with Crippen LogP contribution >= 0.6 is 24.0 Å². The minimum absolute atomic E-state index is 0. The molecule has 1 saturated carbocycles. The first-order chi connectivity index (χ1) is 11.7. The number of nitrogens with zero attached hydrogens (tertiary/aromatic N) is 2. The largest absolute Gasteiger partial charge is 0.357 e. The molecule has 2 rings (SSSR count). The number of rotatable bonds is 7. The van der Waals surface area contributed by atoms with E-state index in [0.29, 0.717) is 25.0 Å². The molecule has 2 aliphatic rings. The number of guanidine groups is 1. The molecule has 1 heterocycles. The summed E-state index contributed by atoms with van der Waals surface area (Å²) in [4.78, 5) is 30.1. The second-order valence-electron chi connectivity index (χ2n) is 6.51. The standard InChI is InChI=1S/C17H31N5O2.HI/c1-2-18-17(20-13-16(24)22-11-5-6-12-22)19-10-9-15(23)21-14-7-3-4-8-14;/h14H,2-13H2,1H3,(H,21,23)(H2,18,19,20);1H. The summed E-state index contributed by atoms with van der Waals surface area (Å²) in [6.45, 7) is 5.06.